The largest absolute Gasteiger partial charge is 0.455 e. The number of amides is 1. The molecular weight excluding hydrogens is 184 g/mol. The number of carbonyl (C=O) groups is 2. The third-order valence-electron chi connectivity index (χ3n) is 2.56. The second-order valence-corrected chi connectivity index (χ2v) is 3.26. The van der Waals surface area contributed by atoms with Gasteiger partial charge in [-0.25, -0.2) is 0 Å². The van der Waals surface area contributed by atoms with Gasteiger partial charge in [-0.05, 0) is 0 Å². The maximum Gasteiger partial charge on any atom is 0.255 e. The summed E-state index contributed by atoms with van der Waals surface area (Å²) in [5.41, 5.74) is 1.01. The van der Waals surface area contributed by atoms with E-state index in [9.17, 15) is 9.59 Å². The standard InChI is InChI=1S/C9H4N2O3/c10-1-3-6(12)8-4-2-11-9(13)5(4)7(3)14-8/h3H,2H2,(H,11,13). The third-order valence-corrected chi connectivity index (χ3v) is 2.56. The van der Waals surface area contributed by atoms with E-state index >= 15 is 0 Å². The molecule has 5 heteroatoms. The minimum Gasteiger partial charge on any atom is -0.455 e. The average molecular weight is 188 g/mol. The zero-order chi connectivity index (χ0) is 9.87. The van der Waals surface area contributed by atoms with Crippen LogP contribution in [-0.2, 0) is 6.54 Å². The van der Waals surface area contributed by atoms with E-state index in [-0.39, 0.29) is 23.2 Å². The van der Waals surface area contributed by atoms with Gasteiger partial charge in [-0.15, -0.1) is 0 Å². The average Bonchev–Trinajstić information content (AvgIpc) is 2.77. The Kier molecular flexibility index (Phi) is 1.07. The fraction of sp³-hybridized carbons (Fsp3) is 0.222. The van der Waals surface area contributed by atoms with Crippen molar-refractivity contribution in [1.29, 1.82) is 5.26 Å². The van der Waals surface area contributed by atoms with Gasteiger partial charge in [-0.3, -0.25) is 9.59 Å². The molecule has 0 saturated heterocycles. The third kappa shape index (κ3) is 0.577. The van der Waals surface area contributed by atoms with Crippen LogP contribution in [0.5, 0.6) is 0 Å². The molecule has 2 aliphatic rings. The first kappa shape index (κ1) is 7.33. The summed E-state index contributed by atoms with van der Waals surface area (Å²) in [6.45, 7) is 0.330. The number of nitriles is 1. The molecule has 0 fully saturated rings. The van der Waals surface area contributed by atoms with Gasteiger partial charge in [0, 0.05) is 12.1 Å². The van der Waals surface area contributed by atoms with Crippen molar-refractivity contribution in [2.75, 3.05) is 0 Å². The quantitative estimate of drug-likeness (QED) is 0.635. The van der Waals surface area contributed by atoms with Crippen LogP contribution in [0, 0.1) is 11.3 Å². The van der Waals surface area contributed by atoms with Crippen molar-refractivity contribution in [3.63, 3.8) is 0 Å². The van der Waals surface area contributed by atoms with Gasteiger partial charge in [-0.2, -0.15) is 5.26 Å². The van der Waals surface area contributed by atoms with Gasteiger partial charge in [0.05, 0.1) is 11.6 Å². The second-order valence-electron chi connectivity index (χ2n) is 3.26. The maximum atomic E-state index is 11.5. The molecule has 5 nitrogen and oxygen atoms in total. The van der Waals surface area contributed by atoms with Crippen LogP contribution in [0.3, 0.4) is 0 Å². The van der Waals surface area contributed by atoms with E-state index in [4.69, 9.17) is 9.68 Å². The molecule has 1 atom stereocenters. The molecule has 3 rings (SSSR count). The molecule has 0 aromatic carbocycles. The van der Waals surface area contributed by atoms with Crippen LogP contribution in [-0.4, -0.2) is 11.7 Å². The number of Topliss-reactive ketones (excluding diaryl/α,β-unsaturated/α-hetero) is 1. The van der Waals surface area contributed by atoms with E-state index in [2.05, 4.69) is 5.32 Å². The minimum atomic E-state index is -0.910. The lowest BCUT2D eigenvalue weighted by Crippen LogP contribution is -2.15. The van der Waals surface area contributed by atoms with Crippen LogP contribution in [0.15, 0.2) is 4.42 Å². The van der Waals surface area contributed by atoms with E-state index in [1.54, 1.807) is 0 Å². The zero-order valence-corrected chi connectivity index (χ0v) is 6.96. The number of fused-ring (bicyclic) bond motifs is 5. The van der Waals surface area contributed by atoms with Crippen molar-refractivity contribution in [2.45, 2.75) is 12.5 Å². The number of carbonyl (C=O) groups excluding carboxylic acids is 2. The van der Waals surface area contributed by atoms with Crippen LogP contribution in [0.25, 0.3) is 0 Å². The number of nitrogens with one attached hydrogen (secondary N) is 1. The van der Waals surface area contributed by atoms with Gasteiger partial charge in [0.25, 0.3) is 5.91 Å². The molecule has 2 aliphatic heterocycles. The van der Waals surface area contributed by atoms with Gasteiger partial charge >= 0.3 is 0 Å². The fourth-order valence-electron chi connectivity index (χ4n) is 1.93. The molecule has 0 aliphatic carbocycles. The summed E-state index contributed by atoms with van der Waals surface area (Å²) >= 11 is 0. The van der Waals surface area contributed by atoms with E-state index in [1.807, 2.05) is 6.07 Å². The van der Waals surface area contributed by atoms with Gasteiger partial charge in [0.15, 0.2) is 11.7 Å². The first-order valence-corrected chi connectivity index (χ1v) is 4.11. The van der Waals surface area contributed by atoms with Gasteiger partial charge in [0.2, 0.25) is 5.78 Å². The Bertz CT molecular complexity index is 521. The van der Waals surface area contributed by atoms with Crippen LogP contribution >= 0.6 is 0 Å². The van der Waals surface area contributed by atoms with E-state index in [0.29, 0.717) is 17.7 Å². The smallest absolute Gasteiger partial charge is 0.255 e. The van der Waals surface area contributed by atoms with Gasteiger partial charge < -0.3 is 9.73 Å². The molecule has 0 spiro atoms. The summed E-state index contributed by atoms with van der Waals surface area (Å²) < 4.78 is 5.15. The van der Waals surface area contributed by atoms with E-state index in [1.165, 1.54) is 0 Å². The zero-order valence-electron chi connectivity index (χ0n) is 6.96. The van der Waals surface area contributed by atoms with E-state index < -0.39 is 5.92 Å². The number of rotatable bonds is 0. The predicted octanol–water partition coefficient (Wildman–Crippen LogP) is 0.326. The number of nitrogens with zero attached hydrogens (tertiary/aromatic N) is 1. The number of furan rings is 1. The second kappa shape index (κ2) is 2.04. The normalized spacial score (nSPS) is 22.1. The topological polar surface area (TPSA) is 83.1 Å². The Balaban J connectivity index is 2.32. The Morgan fingerprint density at radius 1 is 1.50 bits per heavy atom. The summed E-state index contributed by atoms with van der Waals surface area (Å²) in [5.74, 6) is -1.08. The molecule has 68 valence electrons. The molecule has 1 amide bonds. The number of hydrogen-bond donors (Lipinski definition) is 1. The van der Waals surface area contributed by atoms with Crippen LogP contribution in [0.1, 0.15) is 38.2 Å². The first-order chi connectivity index (χ1) is 6.74. The Morgan fingerprint density at radius 3 is 3.00 bits per heavy atom. The van der Waals surface area contributed by atoms with Crippen molar-refractivity contribution in [1.82, 2.24) is 5.32 Å². The van der Waals surface area contributed by atoms with Gasteiger partial charge in [-0.1, -0.05) is 0 Å². The Labute approximate surface area is 78.3 Å². The molecule has 1 aromatic rings. The lowest BCUT2D eigenvalue weighted by Gasteiger charge is -2.00. The molecule has 1 aromatic heterocycles. The molecule has 0 radical (unpaired) electrons. The maximum absolute atomic E-state index is 11.5. The lowest BCUT2D eigenvalue weighted by atomic mass is 9.91. The van der Waals surface area contributed by atoms with Crippen molar-refractivity contribution >= 4 is 11.7 Å². The number of ketones is 1. The van der Waals surface area contributed by atoms with Crippen molar-refractivity contribution in [3.05, 3.63) is 22.6 Å². The van der Waals surface area contributed by atoms with Crippen molar-refractivity contribution in [3.8, 4) is 6.07 Å². The molecule has 0 saturated carbocycles. The fourth-order valence-corrected chi connectivity index (χ4v) is 1.93. The highest BCUT2D eigenvalue weighted by Crippen LogP contribution is 2.40. The molecule has 3 heterocycles. The van der Waals surface area contributed by atoms with Crippen LogP contribution in [0.4, 0.5) is 0 Å². The monoisotopic (exact) mass is 188 g/mol. The highest BCUT2D eigenvalue weighted by molar-refractivity contribution is 6.12. The predicted molar refractivity (Wildman–Crippen MR) is 42.6 cm³/mol. The minimum absolute atomic E-state index is 0.180. The molecular formula is C9H4N2O3. The molecule has 1 N–H and O–H groups in total. The van der Waals surface area contributed by atoms with Crippen LogP contribution in [0.2, 0.25) is 0 Å². The summed E-state index contributed by atoms with van der Waals surface area (Å²) in [5, 5.41) is 11.3. The molecule has 2 bridgehead atoms. The van der Waals surface area contributed by atoms with E-state index in [0.717, 1.165) is 0 Å². The Hall–Kier alpha value is -2.09. The summed E-state index contributed by atoms with van der Waals surface area (Å²) in [6.07, 6.45) is 0. The summed E-state index contributed by atoms with van der Waals surface area (Å²) in [4.78, 5) is 22.8. The number of hydrogen-bond acceptors (Lipinski definition) is 4. The van der Waals surface area contributed by atoms with Crippen LogP contribution < -0.4 is 5.32 Å². The lowest BCUT2D eigenvalue weighted by molar-refractivity contribution is 0.0963. The molecule has 1 unspecified atom stereocenters. The van der Waals surface area contributed by atoms with Crippen molar-refractivity contribution in [2.24, 2.45) is 0 Å². The summed E-state index contributed by atoms with van der Waals surface area (Å²) in [7, 11) is 0. The SMILES string of the molecule is N#CC1C(=O)c2oc1c1c2CNC1=O. The first-order valence-electron chi connectivity index (χ1n) is 4.11. The molecule has 14 heavy (non-hydrogen) atoms. The Morgan fingerprint density at radius 2 is 2.29 bits per heavy atom. The summed E-state index contributed by atoms with van der Waals surface area (Å²) in [6, 6.07) is 1.83. The van der Waals surface area contributed by atoms with Gasteiger partial charge in [0.1, 0.15) is 5.76 Å². The highest BCUT2D eigenvalue weighted by atomic mass is 16.4. The highest BCUT2D eigenvalue weighted by Gasteiger charge is 2.45. The van der Waals surface area contributed by atoms with Crippen molar-refractivity contribution < 1.29 is 14.0 Å².